The number of hydrogen-bond donors (Lipinski definition) is 0. The Morgan fingerprint density at radius 2 is 0.963 bits per heavy atom. The molecule has 0 aliphatic heterocycles. The molecule has 17 rings (SSSR count). The van der Waals surface area contributed by atoms with Gasteiger partial charge >= 0.3 is 0 Å². The van der Waals surface area contributed by atoms with Crippen LogP contribution < -0.4 is 0 Å². The smallest absolute Gasteiger partial charge is 0.220 e. The lowest BCUT2D eigenvalue weighted by molar-refractivity contribution is 0.670. The Kier molecular flexibility index (Phi) is 9.82. The average Bonchev–Trinajstić information content (AvgIpc) is 3.80. The van der Waals surface area contributed by atoms with Crippen LogP contribution in [0.2, 0.25) is 0 Å². The third kappa shape index (κ3) is 6.45. The average molecular weight is 1070 g/mol. The molecule has 5 nitrogen and oxygen atoms in total. The molecule has 5 heterocycles. The Hall–Kier alpha value is -10.5. The van der Waals surface area contributed by atoms with E-state index in [1.165, 1.54) is 20.2 Å². The Morgan fingerprint density at radius 1 is 0.407 bits per heavy atom. The summed E-state index contributed by atoms with van der Waals surface area (Å²) in [6.45, 7) is 9.56. The first kappa shape index (κ1) is 45.5. The topological polar surface area (TPSA) is 51.1 Å². The van der Waals surface area contributed by atoms with Crippen LogP contribution in [0.4, 0.5) is 5.69 Å². The van der Waals surface area contributed by atoms with Crippen LogP contribution in [0, 0.1) is 17.9 Å². The summed E-state index contributed by atoms with van der Waals surface area (Å²) in [5, 5.41) is 23.4. The van der Waals surface area contributed by atoms with E-state index in [1.807, 2.05) is 48.5 Å². The predicted octanol–water partition coefficient (Wildman–Crippen LogP) is 21.6. The molecule has 0 spiro atoms. The van der Waals surface area contributed by atoms with Crippen LogP contribution in [-0.2, 0) is 0 Å². The van der Waals surface area contributed by atoms with Gasteiger partial charge in [-0.1, -0.05) is 206 Å². The zero-order valence-electron chi connectivity index (χ0n) is 43.1. The van der Waals surface area contributed by atoms with Gasteiger partial charge in [0.15, 0.2) is 0 Å². The van der Waals surface area contributed by atoms with Crippen LogP contribution in [0.3, 0.4) is 0 Å². The van der Waals surface area contributed by atoms with Crippen molar-refractivity contribution in [3.8, 4) is 62.0 Å². The summed E-state index contributed by atoms with van der Waals surface area (Å²) in [4.78, 5) is 4.65. The summed E-state index contributed by atoms with van der Waals surface area (Å²) < 4.78 is 16.2. The third-order valence-corrected chi connectivity index (χ3v) is 19.0. The summed E-state index contributed by atoms with van der Waals surface area (Å²) in [5.74, 6) is 0. The van der Waals surface area contributed by atoms with Crippen LogP contribution >= 0.6 is 22.7 Å². The fourth-order valence-corrected chi connectivity index (χ4v) is 15.7. The number of nitrogens with zero attached hydrogens (tertiary/aromatic N) is 4. The fraction of sp³-hybridized carbons (Fsp3) is 0. The molecule has 0 aliphatic carbocycles. The molecule has 81 heavy (non-hydrogen) atoms. The minimum Gasteiger partial charge on any atom is -0.455 e. The number of para-hydroxylation sites is 3. The van der Waals surface area contributed by atoms with Crippen molar-refractivity contribution in [3.63, 3.8) is 0 Å². The van der Waals surface area contributed by atoms with Crippen molar-refractivity contribution in [2.75, 3.05) is 0 Å². The first-order chi connectivity index (χ1) is 40.1. The summed E-state index contributed by atoms with van der Waals surface area (Å²) >= 11 is 3.59. The van der Waals surface area contributed by atoms with E-state index in [4.69, 9.17) is 4.42 Å². The number of rotatable bonds is 6. The Labute approximate surface area is 471 Å². The maximum atomic E-state index is 12.4. The van der Waals surface area contributed by atoms with Gasteiger partial charge in [0.2, 0.25) is 5.69 Å². The van der Waals surface area contributed by atoms with E-state index in [9.17, 15) is 11.8 Å². The molecule has 0 fully saturated rings. The molecular formula is C74H40N4OS2. The number of nitriles is 1. The molecule has 12 aromatic carbocycles. The number of fused-ring (bicyclic) bond motifs is 17. The summed E-state index contributed by atoms with van der Waals surface area (Å²) in [6.07, 6.45) is 0. The van der Waals surface area contributed by atoms with E-state index in [0.717, 1.165) is 130 Å². The van der Waals surface area contributed by atoms with Crippen molar-refractivity contribution < 1.29 is 4.42 Å². The highest BCUT2D eigenvalue weighted by Gasteiger charge is 2.33. The van der Waals surface area contributed by atoms with E-state index in [1.54, 1.807) is 22.7 Å². The minimum absolute atomic E-state index is 0.390. The molecule has 5 aromatic heterocycles. The van der Waals surface area contributed by atoms with E-state index in [0.29, 0.717) is 22.5 Å². The standard InChI is InChI=1S/C74H40N4OS2/c1-76-67-64(44-21-7-3-8-22-44)58(42-75)68(78-69-50(36-38-54-48-26-13-16-34-62(48)80-73(54)69)51-37-39-55-57-41-46(43-19-5-2-6-20-43)35-40-63(57)81-74(55)70(51)78)65(45-23-9-4-10-24-45)71(67)77-59-31-14-11-27-56(59)66-49(28-18-32-60(66)77)53-30-17-29-52-47-25-12-15-33-61(47)79-72(52)53/h2-41H. The first-order valence-corrected chi connectivity index (χ1v) is 28.6. The Balaban J connectivity index is 1.10. The second-order valence-corrected chi connectivity index (χ2v) is 22.9. The number of thiophene rings is 2. The van der Waals surface area contributed by atoms with Gasteiger partial charge in [-0.25, -0.2) is 4.85 Å². The van der Waals surface area contributed by atoms with Gasteiger partial charge in [-0.15, -0.1) is 22.7 Å². The van der Waals surface area contributed by atoms with E-state index >= 15 is 0 Å². The lowest BCUT2D eigenvalue weighted by Gasteiger charge is -2.26. The van der Waals surface area contributed by atoms with Crippen molar-refractivity contribution in [1.82, 2.24) is 9.13 Å². The Bertz CT molecular complexity index is 5610. The summed E-state index contributed by atoms with van der Waals surface area (Å²) in [6, 6.07) is 88.5. The van der Waals surface area contributed by atoms with Crippen molar-refractivity contribution in [1.29, 1.82) is 5.26 Å². The van der Waals surface area contributed by atoms with E-state index in [2.05, 4.69) is 214 Å². The van der Waals surface area contributed by atoms with Crippen LogP contribution in [-0.4, -0.2) is 9.13 Å². The van der Waals surface area contributed by atoms with Gasteiger partial charge in [-0.2, -0.15) is 5.26 Å². The van der Waals surface area contributed by atoms with Gasteiger partial charge in [0.25, 0.3) is 0 Å². The second kappa shape index (κ2) is 17.5. The highest BCUT2D eigenvalue weighted by molar-refractivity contribution is 7.27. The minimum atomic E-state index is 0.390. The molecule has 0 unspecified atom stereocenters. The molecular weight excluding hydrogens is 1020 g/mol. The first-order valence-electron chi connectivity index (χ1n) is 27.0. The molecule has 7 heteroatoms. The zero-order chi connectivity index (χ0) is 53.4. The summed E-state index contributed by atoms with van der Waals surface area (Å²) in [7, 11) is 0. The van der Waals surface area contributed by atoms with Crippen LogP contribution in [0.25, 0.3) is 167 Å². The summed E-state index contributed by atoms with van der Waals surface area (Å²) in [5.41, 5.74) is 15.2. The van der Waals surface area contributed by atoms with Crippen molar-refractivity contribution >= 4 is 134 Å². The second-order valence-electron chi connectivity index (χ2n) is 20.7. The molecule has 0 saturated heterocycles. The van der Waals surface area contributed by atoms with Crippen molar-refractivity contribution in [3.05, 3.63) is 260 Å². The monoisotopic (exact) mass is 1060 g/mol. The highest BCUT2D eigenvalue weighted by Crippen LogP contribution is 2.55. The van der Waals surface area contributed by atoms with Crippen molar-refractivity contribution in [2.24, 2.45) is 0 Å². The lowest BCUT2D eigenvalue weighted by Crippen LogP contribution is -2.09. The van der Waals surface area contributed by atoms with Gasteiger partial charge in [0.1, 0.15) is 17.2 Å². The van der Waals surface area contributed by atoms with Crippen LogP contribution in [0.1, 0.15) is 5.56 Å². The number of benzene rings is 12. The van der Waals surface area contributed by atoms with Crippen LogP contribution in [0.5, 0.6) is 0 Å². The molecule has 374 valence electrons. The van der Waals surface area contributed by atoms with E-state index < -0.39 is 0 Å². The highest BCUT2D eigenvalue weighted by atomic mass is 32.1. The fourth-order valence-electron chi connectivity index (χ4n) is 13.2. The third-order valence-electron chi connectivity index (χ3n) is 16.6. The van der Waals surface area contributed by atoms with Gasteiger partial charge < -0.3 is 13.6 Å². The quantitative estimate of drug-likeness (QED) is 0.156. The molecule has 0 atom stereocenters. The maximum absolute atomic E-state index is 12.4. The maximum Gasteiger partial charge on any atom is 0.220 e. The number of aromatic nitrogens is 2. The zero-order valence-corrected chi connectivity index (χ0v) is 44.7. The molecule has 0 amide bonds. The van der Waals surface area contributed by atoms with Gasteiger partial charge in [0, 0.05) is 80.0 Å². The Morgan fingerprint density at radius 3 is 1.68 bits per heavy atom. The lowest BCUT2D eigenvalue weighted by atomic mass is 9.88. The molecule has 0 bridgehead atoms. The largest absolute Gasteiger partial charge is 0.455 e. The van der Waals surface area contributed by atoms with Crippen molar-refractivity contribution in [2.45, 2.75) is 0 Å². The molecule has 0 radical (unpaired) electrons. The van der Waals surface area contributed by atoms with Gasteiger partial charge in [-0.05, 0) is 64.2 Å². The number of hydrogen-bond acceptors (Lipinski definition) is 4. The molecule has 17 aromatic rings. The predicted molar refractivity (Wildman–Crippen MR) is 341 cm³/mol. The SMILES string of the molecule is [C-]#[N+]c1c(-c2ccccc2)c(C#N)c(-n2c3c(ccc4c5ccccc5sc43)c3ccc4c5cc(-c6ccccc6)ccc5sc4c32)c(-c2ccccc2)c1-n1c2ccccc2c2c(-c3cccc4c3oc3ccccc34)cccc21. The number of furan rings is 1. The normalized spacial score (nSPS) is 11.9. The molecule has 0 N–H and O–H groups in total. The van der Waals surface area contributed by atoms with Gasteiger partial charge in [-0.3, -0.25) is 0 Å². The molecule has 0 saturated carbocycles. The molecule has 0 aliphatic rings. The van der Waals surface area contributed by atoms with Crippen LogP contribution in [0.15, 0.2) is 247 Å². The van der Waals surface area contributed by atoms with E-state index in [-0.39, 0.29) is 0 Å². The van der Waals surface area contributed by atoms with Gasteiger partial charge in [0.05, 0.1) is 55.0 Å².